The lowest BCUT2D eigenvalue weighted by Gasteiger charge is -2.09. The highest BCUT2D eigenvalue weighted by Crippen LogP contribution is 2.27. The normalized spacial score (nSPS) is 10.6. The van der Waals surface area contributed by atoms with Crippen LogP contribution in [0.25, 0.3) is 0 Å². The largest absolute Gasteiger partial charge is 0.508 e. The van der Waals surface area contributed by atoms with Gasteiger partial charge in [-0.3, -0.25) is 4.79 Å². The van der Waals surface area contributed by atoms with Crippen molar-refractivity contribution >= 4 is 21.7 Å². The fourth-order valence-corrected chi connectivity index (χ4v) is 2.11. The zero-order valence-corrected chi connectivity index (χ0v) is 12.6. The molecule has 2 rings (SSSR count). The van der Waals surface area contributed by atoms with E-state index in [0.29, 0.717) is 5.56 Å². The molecule has 2 nitrogen and oxygen atoms in total. The smallest absolute Gasteiger partial charge is 0.180 e. The van der Waals surface area contributed by atoms with E-state index in [9.17, 15) is 9.90 Å². The van der Waals surface area contributed by atoms with Gasteiger partial charge in [0.2, 0.25) is 0 Å². The molecule has 0 saturated heterocycles. The van der Waals surface area contributed by atoms with Gasteiger partial charge in [0.05, 0.1) is 0 Å². The van der Waals surface area contributed by atoms with Crippen molar-refractivity contribution in [3.8, 4) is 5.75 Å². The Morgan fingerprint density at radius 2 is 1.50 bits per heavy atom. The van der Waals surface area contributed by atoms with Crippen LogP contribution in [0.1, 0.15) is 42.0 Å². The maximum absolute atomic E-state index is 12.1. The average molecular weight is 337 g/mol. The molecule has 0 aliphatic heterocycles. The molecule has 0 heterocycles. The molecular weight excluding hydrogens is 316 g/mol. The van der Waals surface area contributed by atoms with E-state index in [1.165, 1.54) is 12.1 Å². The lowest BCUT2D eigenvalue weighted by molar-refractivity contribution is 0.0991. The summed E-state index contributed by atoms with van der Waals surface area (Å²) >= 11 is 3.39. The number of carbonyl (C=O) groups is 1. The third-order valence-corrected chi connectivity index (χ3v) is 3.42. The minimum atomic E-state index is -0.353. The number of hydrogen-bond acceptors (Lipinski definition) is 2. The first-order valence-corrected chi connectivity index (χ1v) is 7.12. The number of hydrogen-bond donors (Lipinski definition) is 1. The number of alkyl halides is 1. The Morgan fingerprint density at radius 3 is 2.00 bits per heavy atom. The van der Waals surface area contributed by atoms with Gasteiger partial charge in [-0.25, -0.2) is 0 Å². The highest BCUT2D eigenvalue weighted by atomic mass is 79.9. The number of aromatic hydroxyl groups is 1. The topological polar surface area (TPSA) is 37.3 Å². The monoisotopic (exact) mass is 336 g/mol. The summed E-state index contributed by atoms with van der Waals surface area (Å²) in [5.41, 5.74) is 1.50. The van der Waals surface area contributed by atoms with Crippen LogP contribution in [0, 0.1) is 0 Å². The van der Waals surface area contributed by atoms with Crippen molar-refractivity contribution < 1.29 is 9.90 Å². The number of ketones is 1. The summed E-state index contributed by atoms with van der Waals surface area (Å²) in [5, 5.41) is 9.17. The lowest BCUT2D eigenvalue weighted by atomic mass is 10.0. The molecule has 3 heteroatoms. The van der Waals surface area contributed by atoms with Crippen LogP contribution in [0.5, 0.6) is 5.75 Å². The van der Waals surface area contributed by atoms with Gasteiger partial charge in [0.25, 0.3) is 0 Å². The number of benzene rings is 2. The van der Waals surface area contributed by atoms with E-state index in [2.05, 4.69) is 15.9 Å². The second kappa shape index (κ2) is 9.32. The van der Waals surface area contributed by atoms with Crippen molar-refractivity contribution in [3.05, 3.63) is 65.7 Å². The predicted molar refractivity (Wildman–Crippen MR) is 88.6 cm³/mol. The molecule has 0 fully saturated rings. The molecule has 0 aliphatic rings. The summed E-state index contributed by atoms with van der Waals surface area (Å²) in [6, 6.07) is 15.8. The number of rotatable bonds is 3. The van der Waals surface area contributed by atoms with Crippen molar-refractivity contribution in [2.75, 3.05) is 0 Å². The van der Waals surface area contributed by atoms with Crippen LogP contribution in [0.3, 0.4) is 0 Å². The van der Waals surface area contributed by atoms with Crippen molar-refractivity contribution in [2.45, 2.75) is 26.1 Å². The van der Waals surface area contributed by atoms with Gasteiger partial charge in [0, 0.05) is 5.56 Å². The molecule has 1 unspecified atom stereocenters. The molecule has 0 aromatic heterocycles. The van der Waals surface area contributed by atoms with E-state index in [4.69, 9.17) is 0 Å². The Bertz CT molecular complexity index is 506. The van der Waals surface area contributed by atoms with E-state index in [1.54, 1.807) is 12.1 Å². The number of phenols is 1. The molecule has 1 atom stereocenters. The quantitative estimate of drug-likeness (QED) is 0.604. The molecule has 0 aliphatic carbocycles. The van der Waals surface area contributed by atoms with E-state index < -0.39 is 0 Å². The third-order valence-electron chi connectivity index (χ3n) is 2.47. The van der Waals surface area contributed by atoms with Gasteiger partial charge in [-0.2, -0.15) is 0 Å². The Hall–Kier alpha value is -1.61. The minimum Gasteiger partial charge on any atom is -0.508 e. The number of Topliss-reactive ketones (excluding diaryl/α,β-unsaturated/α-hetero) is 1. The van der Waals surface area contributed by atoms with Gasteiger partial charge in [0.15, 0.2) is 5.78 Å². The van der Waals surface area contributed by atoms with Gasteiger partial charge in [-0.05, 0) is 29.8 Å². The maximum Gasteiger partial charge on any atom is 0.180 e. The Balaban J connectivity index is 0.00000115. The lowest BCUT2D eigenvalue weighted by Crippen LogP contribution is -2.06. The van der Waals surface area contributed by atoms with E-state index in [0.717, 1.165) is 5.56 Å². The molecular formula is C17H21BrO2. The summed E-state index contributed by atoms with van der Waals surface area (Å²) in [6.07, 6.45) is 0. The first-order valence-electron chi connectivity index (χ1n) is 6.21. The van der Waals surface area contributed by atoms with Crippen LogP contribution in [0.2, 0.25) is 0 Å². The summed E-state index contributed by atoms with van der Waals surface area (Å²) < 4.78 is 0. The maximum atomic E-state index is 12.1. The van der Waals surface area contributed by atoms with Crippen LogP contribution in [0.15, 0.2) is 54.6 Å². The standard InChI is InChI=1S/C14H11BrO2.C2H6.CH4/c15-13(10-4-2-1-3-5-10)14(17)11-6-8-12(16)9-7-11;1-2;/h1-9,13,16H;1-2H3;1H4. The average Bonchev–Trinajstić information content (AvgIpc) is 2.49. The van der Waals surface area contributed by atoms with Crippen molar-refractivity contribution in [1.82, 2.24) is 0 Å². The Labute approximate surface area is 129 Å². The fraction of sp³-hybridized carbons (Fsp3) is 0.235. The first-order chi connectivity index (χ1) is 9.18. The Morgan fingerprint density at radius 1 is 1.00 bits per heavy atom. The van der Waals surface area contributed by atoms with Gasteiger partial charge in [-0.1, -0.05) is 67.5 Å². The van der Waals surface area contributed by atoms with Crippen LogP contribution < -0.4 is 0 Å². The summed E-state index contributed by atoms with van der Waals surface area (Å²) in [4.78, 5) is 11.8. The molecule has 108 valence electrons. The molecule has 0 radical (unpaired) electrons. The van der Waals surface area contributed by atoms with Crippen LogP contribution in [0.4, 0.5) is 0 Å². The number of phenolic OH excluding ortho intramolecular Hbond substituents is 1. The predicted octanol–water partition coefficient (Wildman–Crippen LogP) is 5.37. The van der Waals surface area contributed by atoms with Crippen LogP contribution in [-0.2, 0) is 0 Å². The molecule has 20 heavy (non-hydrogen) atoms. The molecule has 0 bridgehead atoms. The highest BCUT2D eigenvalue weighted by Gasteiger charge is 2.18. The number of halogens is 1. The summed E-state index contributed by atoms with van der Waals surface area (Å²) in [6.45, 7) is 4.00. The second-order valence-corrected chi connectivity index (χ2v) is 4.60. The van der Waals surface area contributed by atoms with Crippen LogP contribution >= 0.6 is 15.9 Å². The van der Waals surface area contributed by atoms with E-state index in [1.807, 2.05) is 44.2 Å². The van der Waals surface area contributed by atoms with Crippen molar-refractivity contribution in [3.63, 3.8) is 0 Å². The van der Waals surface area contributed by atoms with Crippen molar-refractivity contribution in [1.29, 1.82) is 0 Å². The fourth-order valence-electron chi connectivity index (χ4n) is 1.55. The van der Waals surface area contributed by atoms with Gasteiger partial charge < -0.3 is 5.11 Å². The zero-order chi connectivity index (χ0) is 14.3. The molecule has 1 N–H and O–H groups in total. The molecule has 2 aromatic rings. The summed E-state index contributed by atoms with van der Waals surface area (Å²) in [5.74, 6) is 0.142. The zero-order valence-electron chi connectivity index (χ0n) is 11.0. The van der Waals surface area contributed by atoms with Gasteiger partial charge in [-0.15, -0.1) is 0 Å². The van der Waals surface area contributed by atoms with Gasteiger partial charge >= 0.3 is 0 Å². The molecule has 0 saturated carbocycles. The first kappa shape index (κ1) is 18.4. The van der Waals surface area contributed by atoms with Crippen molar-refractivity contribution in [2.24, 2.45) is 0 Å². The molecule has 0 amide bonds. The van der Waals surface area contributed by atoms with E-state index in [-0.39, 0.29) is 23.8 Å². The summed E-state index contributed by atoms with van der Waals surface area (Å²) in [7, 11) is 0. The Kier molecular flexibility index (Phi) is 8.57. The minimum absolute atomic E-state index is 0. The van der Waals surface area contributed by atoms with E-state index >= 15 is 0 Å². The molecule has 0 spiro atoms. The second-order valence-electron chi connectivity index (χ2n) is 3.68. The number of carbonyl (C=O) groups excluding carboxylic acids is 1. The highest BCUT2D eigenvalue weighted by molar-refractivity contribution is 9.09. The van der Waals surface area contributed by atoms with Gasteiger partial charge in [0.1, 0.15) is 10.6 Å². The SMILES string of the molecule is C.CC.O=C(c1ccc(O)cc1)C(Br)c1ccccc1. The third kappa shape index (κ3) is 4.82. The molecule has 2 aromatic carbocycles. The van der Waals surface area contributed by atoms with Crippen LogP contribution in [-0.4, -0.2) is 10.9 Å².